The Hall–Kier alpha value is -0.0900. The molecule has 0 bridgehead atoms. The number of nitrogens with zero attached hydrogens (tertiary/aromatic N) is 1. The zero-order valence-corrected chi connectivity index (χ0v) is 11.6. The molecule has 2 heterocycles. The Morgan fingerprint density at radius 1 is 1.24 bits per heavy atom. The SMILES string of the molecule is Cl.OC1CCN(C2CCCc3sccc32)CC1. The number of piperidine rings is 1. The summed E-state index contributed by atoms with van der Waals surface area (Å²) in [4.78, 5) is 4.18. The van der Waals surface area contributed by atoms with Gasteiger partial charge in [-0.3, -0.25) is 4.90 Å². The molecule has 1 atom stereocenters. The van der Waals surface area contributed by atoms with Crippen molar-refractivity contribution in [2.45, 2.75) is 44.2 Å². The van der Waals surface area contributed by atoms with E-state index in [-0.39, 0.29) is 18.5 Å². The molecule has 0 spiro atoms. The monoisotopic (exact) mass is 273 g/mol. The lowest BCUT2D eigenvalue weighted by atomic mass is 9.91. The van der Waals surface area contributed by atoms with E-state index in [2.05, 4.69) is 16.3 Å². The second-order valence-electron chi connectivity index (χ2n) is 4.97. The molecular weight excluding hydrogens is 254 g/mol. The molecule has 1 N–H and O–H groups in total. The lowest BCUT2D eigenvalue weighted by Crippen LogP contribution is -2.39. The van der Waals surface area contributed by atoms with Gasteiger partial charge < -0.3 is 5.11 Å². The van der Waals surface area contributed by atoms with Crippen molar-refractivity contribution in [3.05, 3.63) is 21.9 Å². The third kappa shape index (κ3) is 2.68. The maximum absolute atomic E-state index is 9.56. The Labute approximate surface area is 113 Å². The van der Waals surface area contributed by atoms with Crippen LogP contribution < -0.4 is 0 Å². The summed E-state index contributed by atoms with van der Waals surface area (Å²) in [5.74, 6) is 0. The number of thiophene rings is 1. The van der Waals surface area contributed by atoms with E-state index < -0.39 is 0 Å². The number of fused-ring (bicyclic) bond motifs is 1. The van der Waals surface area contributed by atoms with Gasteiger partial charge >= 0.3 is 0 Å². The van der Waals surface area contributed by atoms with Crippen molar-refractivity contribution in [3.63, 3.8) is 0 Å². The molecule has 17 heavy (non-hydrogen) atoms. The van der Waals surface area contributed by atoms with Crippen LogP contribution in [-0.2, 0) is 6.42 Å². The number of halogens is 1. The van der Waals surface area contributed by atoms with Crippen molar-refractivity contribution in [1.29, 1.82) is 0 Å². The van der Waals surface area contributed by atoms with Crippen LogP contribution in [0, 0.1) is 0 Å². The zero-order valence-electron chi connectivity index (χ0n) is 9.97. The lowest BCUT2D eigenvalue weighted by Gasteiger charge is -2.38. The van der Waals surface area contributed by atoms with E-state index >= 15 is 0 Å². The van der Waals surface area contributed by atoms with Gasteiger partial charge in [0.05, 0.1) is 6.10 Å². The van der Waals surface area contributed by atoms with E-state index in [1.165, 1.54) is 19.3 Å². The summed E-state index contributed by atoms with van der Waals surface area (Å²) in [6.07, 6.45) is 5.77. The minimum absolute atomic E-state index is 0. The molecule has 0 radical (unpaired) electrons. The van der Waals surface area contributed by atoms with Crippen molar-refractivity contribution in [2.24, 2.45) is 0 Å². The number of aliphatic hydroxyl groups is 1. The van der Waals surface area contributed by atoms with Gasteiger partial charge in [0, 0.05) is 24.0 Å². The summed E-state index contributed by atoms with van der Waals surface area (Å²) in [6.45, 7) is 2.14. The van der Waals surface area contributed by atoms with Crippen LogP contribution in [0.1, 0.15) is 42.2 Å². The fraction of sp³-hybridized carbons (Fsp3) is 0.692. The maximum Gasteiger partial charge on any atom is 0.0564 e. The predicted octanol–water partition coefficient (Wildman–Crippen LogP) is 3.00. The highest BCUT2D eigenvalue weighted by Gasteiger charge is 2.29. The average molecular weight is 274 g/mol. The summed E-state index contributed by atoms with van der Waals surface area (Å²) in [5.41, 5.74) is 1.58. The normalized spacial score (nSPS) is 26.3. The lowest BCUT2D eigenvalue weighted by molar-refractivity contribution is 0.0560. The molecule has 3 rings (SSSR count). The van der Waals surface area contributed by atoms with E-state index in [4.69, 9.17) is 0 Å². The molecule has 1 fully saturated rings. The number of aliphatic hydroxyl groups excluding tert-OH is 1. The highest BCUT2D eigenvalue weighted by molar-refractivity contribution is 7.10. The highest BCUT2D eigenvalue weighted by Crippen LogP contribution is 2.38. The fourth-order valence-corrected chi connectivity index (χ4v) is 4.02. The quantitative estimate of drug-likeness (QED) is 0.850. The summed E-state index contributed by atoms with van der Waals surface area (Å²) >= 11 is 1.92. The van der Waals surface area contributed by atoms with Crippen LogP contribution >= 0.6 is 23.7 Å². The third-order valence-electron chi connectivity index (χ3n) is 3.96. The third-order valence-corrected chi connectivity index (χ3v) is 4.96. The molecule has 1 aliphatic heterocycles. The van der Waals surface area contributed by atoms with Crippen molar-refractivity contribution in [3.8, 4) is 0 Å². The molecule has 1 aliphatic carbocycles. The first-order valence-corrected chi connectivity index (χ1v) is 7.21. The first kappa shape index (κ1) is 13.3. The minimum Gasteiger partial charge on any atom is -0.393 e. The summed E-state index contributed by atoms with van der Waals surface area (Å²) in [5, 5.41) is 11.8. The molecule has 1 saturated heterocycles. The Morgan fingerprint density at radius 3 is 2.76 bits per heavy atom. The Morgan fingerprint density at radius 2 is 2.00 bits per heavy atom. The van der Waals surface area contributed by atoms with Crippen molar-refractivity contribution in [1.82, 2.24) is 4.90 Å². The molecule has 1 unspecified atom stereocenters. The highest BCUT2D eigenvalue weighted by atomic mass is 35.5. The number of hydrogen-bond donors (Lipinski definition) is 1. The molecule has 2 nitrogen and oxygen atoms in total. The Balaban J connectivity index is 0.00000108. The topological polar surface area (TPSA) is 23.5 Å². The Bertz CT molecular complexity index is 360. The van der Waals surface area contributed by atoms with Crippen LogP contribution in [0.15, 0.2) is 11.4 Å². The van der Waals surface area contributed by atoms with Gasteiger partial charge in [0.15, 0.2) is 0 Å². The first-order chi connectivity index (χ1) is 7.84. The van der Waals surface area contributed by atoms with Gasteiger partial charge in [-0.15, -0.1) is 23.7 Å². The van der Waals surface area contributed by atoms with Gasteiger partial charge in [-0.2, -0.15) is 0 Å². The number of hydrogen-bond acceptors (Lipinski definition) is 3. The molecule has 4 heteroatoms. The van der Waals surface area contributed by atoms with E-state index in [1.54, 1.807) is 10.4 Å². The second-order valence-corrected chi connectivity index (χ2v) is 5.97. The van der Waals surface area contributed by atoms with Gasteiger partial charge in [0.1, 0.15) is 0 Å². The van der Waals surface area contributed by atoms with E-state index in [9.17, 15) is 5.11 Å². The first-order valence-electron chi connectivity index (χ1n) is 6.33. The number of rotatable bonds is 1. The van der Waals surface area contributed by atoms with Crippen LogP contribution in [-0.4, -0.2) is 29.2 Å². The average Bonchev–Trinajstić information content (AvgIpc) is 2.78. The molecule has 1 aromatic heterocycles. The van der Waals surface area contributed by atoms with Crippen molar-refractivity contribution < 1.29 is 5.11 Å². The standard InChI is InChI=1S/C13H19NOS.ClH/c15-10-4-7-14(8-5-10)12-2-1-3-13-11(12)6-9-16-13;/h6,9-10,12,15H,1-5,7-8H2;1H. The largest absolute Gasteiger partial charge is 0.393 e. The summed E-state index contributed by atoms with van der Waals surface area (Å²) in [6, 6.07) is 2.96. The Kier molecular flexibility index (Phi) is 4.47. The zero-order chi connectivity index (χ0) is 11.0. The van der Waals surface area contributed by atoms with Crippen LogP contribution in [0.3, 0.4) is 0 Å². The summed E-state index contributed by atoms with van der Waals surface area (Å²) < 4.78 is 0. The number of likely N-dealkylation sites (tertiary alicyclic amines) is 1. The van der Waals surface area contributed by atoms with Gasteiger partial charge in [0.25, 0.3) is 0 Å². The molecule has 96 valence electrons. The molecule has 0 saturated carbocycles. The van der Waals surface area contributed by atoms with Crippen LogP contribution in [0.25, 0.3) is 0 Å². The molecule has 2 aliphatic rings. The van der Waals surface area contributed by atoms with E-state index in [0.717, 1.165) is 25.9 Å². The molecule has 0 amide bonds. The van der Waals surface area contributed by atoms with Gasteiger partial charge in [0.2, 0.25) is 0 Å². The van der Waals surface area contributed by atoms with Crippen LogP contribution in [0.2, 0.25) is 0 Å². The summed E-state index contributed by atoms with van der Waals surface area (Å²) in [7, 11) is 0. The fourth-order valence-electron chi connectivity index (χ4n) is 3.04. The van der Waals surface area contributed by atoms with E-state index in [1.807, 2.05) is 11.3 Å². The van der Waals surface area contributed by atoms with Crippen LogP contribution in [0.5, 0.6) is 0 Å². The van der Waals surface area contributed by atoms with E-state index in [0.29, 0.717) is 6.04 Å². The van der Waals surface area contributed by atoms with Gasteiger partial charge in [-0.25, -0.2) is 0 Å². The van der Waals surface area contributed by atoms with Crippen molar-refractivity contribution in [2.75, 3.05) is 13.1 Å². The minimum atomic E-state index is -0.0539. The molecular formula is C13H20ClNOS. The maximum atomic E-state index is 9.56. The predicted molar refractivity (Wildman–Crippen MR) is 74.1 cm³/mol. The van der Waals surface area contributed by atoms with Gasteiger partial charge in [-0.1, -0.05) is 0 Å². The van der Waals surface area contributed by atoms with Crippen molar-refractivity contribution >= 4 is 23.7 Å². The molecule has 1 aromatic rings. The number of aryl methyl sites for hydroxylation is 1. The smallest absolute Gasteiger partial charge is 0.0564 e. The van der Waals surface area contributed by atoms with Gasteiger partial charge in [-0.05, 0) is 49.1 Å². The van der Waals surface area contributed by atoms with Crippen LogP contribution in [0.4, 0.5) is 0 Å². The molecule has 0 aromatic carbocycles. The second kappa shape index (κ2) is 5.70.